The molecule has 2 bridgehead atoms. The molecule has 4 aliphatic rings. The predicted octanol–water partition coefficient (Wildman–Crippen LogP) is 6.44. The van der Waals surface area contributed by atoms with Crippen molar-refractivity contribution in [2.24, 2.45) is 17.3 Å². The standard InChI is InChI=1S/C27H44BNO3S2/c1-18-12-11-13-21-19(17-30-25(18)21)14-24(29(33(5,6)7)34(8,9)10)28-31-23-16-20-15-22(26(20,2)3)27(23,4)32-28/h11-13,17,20,22-24H,14-16H2,1-10H3/t20-,22-,23+,24-,27-/m0/s1. The van der Waals surface area contributed by atoms with Gasteiger partial charge in [-0.2, -0.15) is 20.4 Å². The SMILES string of the molecule is Cc1cccc2c(C[C@@H](B3O[C@@H]4C[C@@H]5C[C@@H](C5(C)C)[C@]4(C)O3)N(S(C)(C)C)S(C)(C)C)coc12. The molecule has 7 heteroatoms. The first-order valence-electron chi connectivity index (χ1n) is 12.6. The minimum Gasteiger partial charge on any atom is -0.464 e. The van der Waals surface area contributed by atoms with Gasteiger partial charge >= 0.3 is 7.12 Å². The van der Waals surface area contributed by atoms with Gasteiger partial charge in [0.15, 0.2) is 0 Å². The average Bonchev–Trinajstić information content (AvgIpc) is 3.26. The Balaban J connectivity index is 1.54. The normalized spacial score (nSPS) is 32.6. The van der Waals surface area contributed by atoms with Crippen molar-refractivity contribution < 1.29 is 13.7 Å². The van der Waals surface area contributed by atoms with Crippen LogP contribution in [0.3, 0.4) is 0 Å². The van der Waals surface area contributed by atoms with Crippen LogP contribution in [0.15, 0.2) is 28.9 Å². The fourth-order valence-corrected chi connectivity index (χ4v) is 14.8. The van der Waals surface area contributed by atoms with Gasteiger partial charge in [0.25, 0.3) is 0 Å². The van der Waals surface area contributed by atoms with Crippen molar-refractivity contribution in [3.8, 4) is 0 Å². The summed E-state index contributed by atoms with van der Waals surface area (Å²) in [6, 6.07) is 6.46. The summed E-state index contributed by atoms with van der Waals surface area (Å²) in [6.07, 6.45) is 20.0. The van der Waals surface area contributed by atoms with E-state index in [0.717, 1.165) is 24.3 Å². The van der Waals surface area contributed by atoms with Gasteiger partial charge in [0.2, 0.25) is 0 Å². The molecule has 1 aromatic carbocycles. The van der Waals surface area contributed by atoms with Gasteiger partial charge in [-0.25, -0.2) is 3.71 Å². The topological polar surface area (TPSA) is 34.8 Å². The number of fused-ring (bicyclic) bond motifs is 1. The summed E-state index contributed by atoms with van der Waals surface area (Å²) in [4.78, 5) is 0. The van der Waals surface area contributed by atoms with E-state index in [0.29, 0.717) is 11.3 Å². The Morgan fingerprint density at radius 1 is 1.06 bits per heavy atom. The van der Waals surface area contributed by atoms with Gasteiger partial charge in [-0.3, -0.25) is 0 Å². The smallest absolute Gasteiger partial charge is 0.464 e. The van der Waals surface area contributed by atoms with E-state index in [1.54, 1.807) is 0 Å². The quantitative estimate of drug-likeness (QED) is 0.423. The van der Waals surface area contributed by atoms with Gasteiger partial charge in [0.05, 0.1) is 23.9 Å². The third-order valence-corrected chi connectivity index (χ3v) is 14.3. The lowest BCUT2D eigenvalue weighted by Gasteiger charge is -2.64. The van der Waals surface area contributed by atoms with Crippen LogP contribution in [-0.4, -0.2) is 66.0 Å². The number of furan rings is 1. The van der Waals surface area contributed by atoms with Crippen molar-refractivity contribution in [1.29, 1.82) is 0 Å². The van der Waals surface area contributed by atoms with Crippen LogP contribution in [0.1, 0.15) is 44.7 Å². The molecule has 0 amide bonds. The Hall–Kier alpha value is -0.595. The molecule has 6 rings (SSSR count). The zero-order valence-corrected chi connectivity index (χ0v) is 24.4. The minimum absolute atomic E-state index is 0.147. The number of benzene rings is 1. The predicted molar refractivity (Wildman–Crippen MR) is 151 cm³/mol. The lowest BCUT2D eigenvalue weighted by molar-refractivity contribution is -0.199. The van der Waals surface area contributed by atoms with Gasteiger partial charge < -0.3 is 13.7 Å². The van der Waals surface area contributed by atoms with Gasteiger partial charge in [-0.1, -0.05) is 32.0 Å². The van der Waals surface area contributed by atoms with E-state index in [4.69, 9.17) is 13.7 Å². The van der Waals surface area contributed by atoms with Crippen molar-refractivity contribution in [3.63, 3.8) is 0 Å². The molecule has 1 aliphatic heterocycles. The first kappa shape index (κ1) is 25.1. The molecule has 0 radical (unpaired) electrons. The molecule has 4 fully saturated rings. The van der Waals surface area contributed by atoms with E-state index in [-0.39, 0.29) is 24.8 Å². The molecule has 3 saturated carbocycles. The molecule has 2 aromatic rings. The van der Waals surface area contributed by atoms with Crippen molar-refractivity contribution in [2.75, 3.05) is 37.5 Å². The van der Waals surface area contributed by atoms with Crippen LogP contribution in [0.25, 0.3) is 11.0 Å². The van der Waals surface area contributed by atoms with Crippen LogP contribution in [0.2, 0.25) is 0 Å². The van der Waals surface area contributed by atoms with Gasteiger partial charge in [0, 0.05) is 5.39 Å². The highest BCUT2D eigenvalue weighted by Crippen LogP contribution is 2.67. The number of para-hydroxylation sites is 1. The highest BCUT2D eigenvalue weighted by atomic mass is 32.3. The highest BCUT2D eigenvalue weighted by molar-refractivity contribution is 8.43. The summed E-state index contributed by atoms with van der Waals surface area (Å²) < 4.78 is 22.9. The van der Waals surface area contributed by atoms with Crippen LogP contribution in [0, 0.1) is 24.2 Å². The fraction of sp³-hybridized carbons (Fsp3) is 0.704. The largest absolute Gasteiger partial charge is 0.478 e. The molecule has 2 heterocycles. The molecule has 190 valence electrons. The van der Waals surface area contributed by atoms with Gasteiger partial charge in [-0.05, 0) is 99.0 Å². The minimum atomic E-state index is -1.02. The molecule has 0 N–H and O–H groups in total. The highest BCUT2D eigenvalue weighted by Gasteiger charge is 2.69. The average molecular weight is 506 g/mol. The van der Waals surface area contributed by atoms with E-state index < -0.39 is 20.4 Å². The van der Waals surface area contributed by atoms with E-state index in [1.807, 2.05) is 6.26 Å². The summed E-state index contributed by atoms with van der Waals surface area (Å²) >= 11 is 0. The number of nitrogens with zero attached hydrogens (tertiary/aromatic N) is 1. The maximum absolute atomic E-state index is 7.09. The summed E-state index contributed by atoms with van der Waals surface area (Å²) in [5.41, 5.74) is 3.61. The molecular formula is C27H44BNO3S2. The Labute approximate surface area is 210 Å². The zero-order valence-electron chi connectivity index (χ0n) is 22.8. The fourth-order valence-electron chi connectivity index (χ4n) is 7.46. The monoisotopic (exact) mass is 505 g/mol. The second-order valence-electron chi connectivity index (χ2n) is 13.2. The number of hydrogen-bond acceptors (Lipinski definition) is 4. The Morgan fingerprint density at radius 3 is 2.35 bits per heavy atom. The molecule has 1 aromatic heterocycles. The summed E-state index contributed by atoms with van der Waals surface area (Å²) in [6.45, 7) is 9.34. The molecule has 5 atom stereocenters. The van der Waals surface area contributed by atoms with Crippen LogP contribution >= 0.6 is 20.4 Å². The lowest BCUT2D eigenvalue weighted by atomic mass is 9.43. The van der Waals surface area contributed by atoms with Gasteiger partial charge in [-0.15, -0.1) is 0 Å². The lowest BCUT2D eigenvalue weighted by Crippen LogP contribution is -2.65. The van der Waals surface area contributed by atoms with Crippen LogP contribution in [-0.2, 0) is 15.7 Å². The van der Waals surface area contributed by atoms with Crippen molar-refractivity contribution >= 4 is 38.5 Å². The van der Waals surface area contributed by atoms with E-state index in [9.17, 15) is 0 Å². The molecule has 34 heavy (non-hydrogen) atoms. The molecular weight excluding hydrogens is 461 g/mol. The maximum Gasteiger partial charge on any atom is 0.478 e. The first-order valence-corrected chi connectivity index (χ1v) is 18.2. The van der Waals surface area contributed by atoms with E-state index >= 15 is 0 Å². The second kappa shape index (κ2) is 7.95. The Bertz CT molecular complexity index is 1070. The molecule has 4 nitrogen and oxygen atoms in total. The van der Waals surface area contributed by atoms with Crippen LogP contribution in [0.5, 0.6) is 0 Å². The summed E-state index contributed by atoms with van der Waals surface area (Å²) in [5.74, 6) is 1.48. The first-order chi connectivity index (χ1) is 15.6. The zero-order chi connectivity index (χ0) is 24.8. The van der Waals surface area contributed by atoms with Crippen LogP contribution in [0.4, 0.5) is 0 Å². The van der Waals surface area contributed by atoms with E-state index in [1.165, 1.54) is 22.9 Å². The van der Waals surface area contributed by atoms with Crippen LogP contribution < -0.4 is 0 Å². The third-order valence-electron chi connectivity index (χ3n) is 8.94. The van der Waals surface area contributed by atoms with Crippen molar-refractivity contribution in [2.45, 2.75) is 64.6 Å². The maximum atomic E-state index is 7.09. The third kappa shape index (κ3) is 3.80. The molecule has 1 saturated heterocycles. The molecule has 0 spiro atoms. The van der Waals surface area contributed by atoms with E-state index in [2.05, 4.69) is 87.1 Å². The van der Waals surface area contributed by atoms with Gasteiger partial charge in [0.1, 0.15) is 5.58 Å². The number of aryl methyl sites for hydroxylation is 1. The van der Waals surface area contributed by atoms with Crippen molar-refractivity contribution in [3.05, 3.63) is 35.6 Å². The Kier molecular flexibility index (Phi) is 5.86. The van der Waals surface area contributed by atoms with Crippen molar-refractivity contribution in [1.82, 2.24) is 3.71 Å². The number of rotatable bonds is 6. The molecule has 0 unspecified atom stereocenters. The summed E-state index contributed by atoms with van der Waals surface area (Å²) in [5, 5.41) is 1.22. The molecule has 3 aliphatic carbocycles. The Morgan fingerprint density at radius 2 is 1.74 bits per heavy atom. The number of hydrogen-bond donors (Lipinski definition) is 0. The second-order valence-corrected chi connectivity index (χ2v) is 21.3. The summed E-state index contributed by atoms with van der Waals surface area (Å²) in [7, 11) is -2.27.